The van der Waals surface area contributed by atoms with Crippen LogP contribution in [0.3, 0.4) is 0 Å². The third kappa shape index (κ3) is 2.74. The molecule has 25 heavy (non-hydrogen) atoms. The van der Waals surface area contributed by atoms with E-state index in [1.807, 2.05) is 6.07 Å². The molecule has 4 rings (SSSR count). The van der Waals surface area contributed by atoms with Gasteiger partial charge in [0.1, 0.15) is 0 Å². The van der Waals surface area contributed by atoms with Gasteiger partial charge in [0.25, 0.3) is 0 Å². The molecule has 0 unspecified atom stereocenters. The SMILES string of the molecule is CS(=O)(=O)c1ccc(C2=C(c3ccc4c(c3)OCO4)C(=O)C=C2)cc1. The van der Waals surface area contributed by atoms with Crippen molar-refractivity contribution < 1.29 is 22.7 Å². The third-order valence-electron chi connectivity index (χ3n) is 4.17. The number of carbonyl (C=O) groups is 1. The van der Waals surface area contributed by atoms with Crippen molar-refractivity contribution in [1.29, 1.82) is 0 Å². The van der Waals surface area contributed by atoms with Crippen molar-refractivity contribution in [3.63, 3.8) is 0 Å². The second-order valence-electron chi connectivity index (χ2n) is 5.85. The second-order valence-corrected chi connectivity index (χ2v) is 7.87. The Balaban J connectivity index is 1.81. The predicted octanol–water partition coefficient (Wildman–Crippen LogP) is 2.87. The lowest BCUT2D eigenvalue weighted by molar-refractivity contribution is -0.109. The van der Waals surface area contributed by atoms with E-state index in [9.17, 15) is 13.2 Å². The first-order valence-electron chi connectivity index (χ1n) is 7.61. The maximum absolute atomic E-state index is 12.4. The fourth-order valence-corrected chi connectivity index (χ4v) is 3.56. The number of ether oxygens (including phenoxy) is 2. The standard InChI is InChI=1S/C19H14O5S/c1-25(21,22)14-5-2-12(3-6-14)15-7-8-16(20)19(15)13-4-9-17-18(10-13)24-11-23-17/h2-10H,11H2,1H3. The van der Waals surface area contributed by atoms with Gasteiger partial charge in [-0.15, -0.1) is 0 Å². The van der Waals surface area contributed by atoms with Crippen molar-refractivity contribution in [1.82, 2.24) is 0 Å². The minimum absolute atomic E-state index is 0.0962. The average Bonchev–Trinajstić information content (AvgIpc) is 3.19. The molecule has 0 aromatic heterocycles. The second kappa shape index (κ2) is 5.60. The number of benzene rings is 2. The zero-order valence-electron chi connectivity index (χ0n) is 13.4. The Morgan fingerprint density at radius 3 is 2.28 bits per heavy atom. The number of hydrogen-bond acceptors (Lipinski definition) is 5. The Labute approximate surface area is 145 Å². The molecular formula is C19H14O5S. The van der Waals surface area contributed by atoms with Crippen molar-refractivity contribution in [2.45, 2.75) is 4.90 Å². The molecule has 6 heteroatoms. The summed E-state index contributed by atoms with van der Waals surface area (Å²) in [4.78, 5) is 12.6. The molecule has 0 atom stereocenters. The number of ketones is 1. The molecule has 126 valence electrons. The van der Waals surface area contributed by atoms with Gasteiger partial charge in [0.05, 0.1) is 4.90 Å². The molecule has 0 saturated carbocycles. The number of fused-ring (bicyclic) bond motifs is 1. The van der Waals surface area contributed by atoms with Crippen LogP contribution in [-0.2, 0) is 14.6 Å². The van der Waals surface area contributed by atoms with Crippen LogP contribution in [0.25, 0.3) is 11.1 Å². The van der Waals surface area contributed by atoms with Crippen LogP contribution >= 0.6 is 0 Å². The van der Waals surface area contributed by atoms with E-state index in [0.717, 1.165) is 23.0 Å². The molecule has 2 aromatic rings. The first kappa shape index (κ1) is 15.7. The van der Waals surface area contributed by atoms with Crippen LogP contribution in [0.1, 0.15) is 11.1 Å². The summed E-state index contributed by atoms with van der Waals surface area (Å²) in [5.74, 6) is 1.17. The van der Waals surface area contributed by atoms with Crippen LogP contribution in [0, 0.1) is 0 Å². The Kier molecular flexibility index (Phi) is 3.51. The van der Waals surface area contributed by atoms with E-state index in [-0.39, 0.29) is 17.5 Å². The first-order valence-corrected chi connectivity index (χ1v) is 9.50. The van der Waals surface area contributed by atoms with Crippen LogP contribution in [0.5, 0.6) is 11.5 Å². The van der Waals surface area contributed by atoms with E-state index in [0.29, 0.717) is 17.1 Å². The fraction of sp³-hybridized carbons (Fsp3) is 0.105. The lowest BCUT2D eigenvalue weighted by Crippen LogP contribution is -1.98. The maximum atomic E-state index is 12.4. The van der Waals surface area contributed by atoms with Crippen molar-refractivity contribution in [3.8, 4) is 11.5 Å². The van der Waals surface area contributed by atoms with Crippen LogP contribution in [0.4, 0.5) is 0 Å². The number of rotatable bonds is 3. The number of allylic oxidation sites excluding steroid dienone is 4. The van der Waals surface area contributed by atoms with E-state index in [1.165, 1.54) is 6.08 Å². The largest absolute Gasteiger partial charge is 0.454 e. The van der Waals surface area contributed by atoms with Gasteiger partial charge in [0.2, 0.25) is 6.79 Å². The minimum atomic E-state index is -3.26. The Bertz CT molecular complexity index is 1040. The molecule has 1 aliphatic carbocycles. The molecule has 2 aromatic carbocycles. The van der Waals surface area contributed by atoms with Gasteiger partial charge in [-0.3, -0.25) is 4.79 Å². The molecule has 1 heterocycles. The summed E-state index contributed by atoms with van der Waals surface area (Å²) < 4.78 is 33.9. The molecule has 0 amide bonds. The van der Waals surface area contributed by atoms with Gasteiger partial charge in [0.15, 0.2) is 27.1 Å². The molecule has 0 fully saturated rings. The quantitative estimate of drug-likeness (QED) is 0.848. The predicted molar refractivity (Wildman–Crippen MR) is 93.1 cm³/mol. The summed E-state index contributed by atoms with van der Waals surface area (Å²) in [6.45, 7) is 0.170. The summed E-state index contributed by atoms with van der Waals surface area (Å²) >= 11 is 0. The summed E-state index contributed by atoms with van der Waals surface area (Å²) in [5, 5.41) is 0. The molecule has 0 saturated heterocycles. The highest BCUT2D eigenvalue weighted by molar-refractivity contribution is 7.90. The van der Waals surface area contributed by atoms with Gasteiger partial charge in [-0.25, -0.2) is 8.42 Å². The number of carbonyl (C=O) groups excluding carboxylic acids is 1. The van der Waals surface area contributed by atoms with Gasteiger partial charge in [-0.1, -0.05) is 18.2 Å². The van der Waals surface area contributed by atoms with E-state index >= 15 is 0 Å². The van der Waals surface area contributed by atoms with Crippen molar-refractivity contribution in [2.24, 2.45) is 0 Å². The third-order valence-corrected chi connectivity index (χ3v) is 5.30. The Morgan fingerprint density at radius 2 is 1.56 bits per heavy atom. The van der Waals surface area contributed by atoms with E-state index in [2.05, 4.69) is 0 Å². The van der Waals surface area contributed by atoms with Crippen LogP contribution in [0.2, 0.25) is 0 Å². The lowest BCUT2D eigenvalue weighted by atomic mass is 9.96. The van der Waals surface area contributed by atoms with E-state index < -0.39 is 9.84 Å². The van der Waals surface area contributed by atoms with E-state index in [1.54, 1.807) is 42.5 Å². The highest BCUT2D eigenvalue weighted by Crippen LogP contribution is 2.39. The summed E-state index contributed by atoms with van der Waals surface area (Å²) in [7, 11) is -3.26. The molecule has 0 bridgehead atoms. The van der Waals surface area contributed by atoms with Crippen LogP contribution < -0.4 is 9.47 Å². The summed E-state index contributed by atoms with van der Waals surface area (Å²) in [5.41, 5.74) is 2.83. The fourth-order valence-electron chi connectivity index (χ4n) is 2.93. The highest BCUT2D eigenvalue weighted by Gasteiger charge is 2.23. The minimum Gasteiger partial charge on any atom is -0.454 e. The van der Waals surface area contributed by atoms with Crippen LogP contribution in [0.15, 0.2) is 59.5 Å². The zero-order chi connectivity index (χ0) is 17.6. The Hall–Kier alpha value is -2.86. The summed E-state index contributed by atoms with van der Waals surface area (Å²) in [6, 6.07) is 11.9. The van der Waals surface area contributed by atoms with Crippen molar-refractivity contribution in [2.75, 3.05) is 13.0 Å². The highest BCUT2D eigenvalue weighted by atomic mass is 32.2. The summed E-state index contributed by atoms with van der Waals surface area (Å²) in [6.07, 6.45) is 4.43. The molecule has 0 N–H and O–H groups in total. The molecule has 0 spiro atoms. The maximum Gasteiger partial charge on any atom is 0.231 e. The van der Waals surface area contributed by atoms with Gasteiger partial charge >= 0.3 is 0 Å². The van der Waals surface area contributed by atoms with Crippen molar-refractivity contribution >= 4 is 26.8 Å². The lowest BCUT2D eigenvalue weighted by Gasteiger charge is -2.09. The van der Waals surface area contributed by atoms with Crippen molar-refractivity contribution in [3.05, 3.63) is 65.7 Å². The van der Waals surface area contributed by atoms with E-state index in [4.69, 9.17) is 9.47 Å². The molecule has 2 aliphatic rings. The number of sulfone groups is 1. The van der Waals surface area contributed by atoms with Crippen LogP contribution in [-0.4, -0.2) is 27.2 Å². The first-order chi connectivity index (χ1) is 11.9. The molecular weight excluding hydrogens is 340 g/mol. The number of hydrogen-bond donors (Lipinski definition) is 0. The van der Waals surface area contributed by atoms with Gasteiger partial charge < -0.3 is 9.47 Å². The smallest absolute Gasteiger partial charge is 0.231 e. The Morgan fingerprint density at radius 1 is 0.880 bits per heavy atom. The normalized spacial score (nSPS) is 16.0. The van der Waals surface area contributed by atoms with Gasteiger partial charge in [-0.05, 0) is 53.1 Å². The van der Waals surface area contributed by atoms with Gasteiger partial charge in [-0.2, -0.15) is 0 Å². The zero-order valence-corrected chi connectivity index (χ0v) is 14.2. The average molecular weight is 354 g/mol. The monoisotopic (exact) mass is 354 g/mol. The molecule has 5 nitrogen and oxygen atoms in total. The molecule has 1 aliphatic heterocycles. The molecule has 0 radical (unpaired) electrons. The topological polar surface area (TPSA) is 69.7 Å². The van der Waals surface area contributed by atoms with Gasteiger partial charge in [0, 0.05) is 11.8 Å².